The molecule has 0 spiro atoms. The van der Waals surface area contributed by atoms with Crippen molar-refractivity contribution in [2.24, 2.45) is 7.05 Å². The first-order chi connectivity index (χ1) is 13.3. The van der Waals surface area contributed by atoms with E-state index < -0.39 is 10.8 Å². The van der Waals surface area contributed by atoms with Crippen molar-refractivity contribution >= 4 is 34.7 Å². The van der Waals surface area contributed by atoms with Gasteiger partial charge in [-0.05, 0) is 42.1 Å². The zero-order chi connectivity index (χ0) is 20.3. The second-order valence-corrected chi connectivity index (χ2v) is 7.20. The van der Waals surface area contributed by atoms with Crippen LogP contribution in [0.2, 0.25) is 0 Å². The molecule has 0 saturated heterocycles. The number of anilines is 2. The van der Waals surface area contributed by atoms with Crippen LogP contribution < -0.4 is 10.2 Å². The number of carbonyl (C=O) groups excluding carboxylic acids is 1. The summed E-state index contributed by atoms with van der Waals surface area (Å²) < 4.78 is 1.81. The monoisotopic (exact) mass is 398 g/mol. The zero-order valence-electron chi connectivity index (χ0n) is 15.5. The van der Waals surface area contributed by atoms with Gasteiger partial charge in [-0.1, -0.05) is 0 Å². The van der Waals surface area contributed by atoms with Gasteiger partial charge in [0.1, 0.15) is 6.33 Å². The van der Waals surface area contributed by atoms with Crippen LogP contribution in [0.5, 0.6) is 0 Å². The lowest BCUT2D eigenvalue weighted by Crippen LogP contribution is -2.18. The Labute approximate surface area is 165 Å². The number of aryl methyl sites for hydroxylation is 1. The molecule has 10 heteroatoms. The Balaban J connectivity index is 1.78. The number of nitrogens with zero attached hydrogens (tertiary/aromatic N) is 5. The molecule has 1 amide bonds. The number of hydrogen-bond acceptors (Lipinski definition) is 7. The number of carbonyl (C=O) groups is 1. The molecule has 1 heterocycles. The molecule has 3 rings (SSSR count). The third-order valence-electron chi connectivity index (χ3n) is 3.91. The third-order valence-corrected chi connectivity index (χ3v) is 4.97. The highest BCUT2D eigenvalue weighted by atomic mass is 32.2. The summed E-state index contributed by atoms with van der Waals surface area (Å²) in [5.74, 6) is -0.416. The Morgan fingerprint density at radius 1 is 1.21 bits per heavy atom. The molecule has 0 atom stereocenters. The summed E-state index contributed by atoms with van der Waals surface area (Å²) in [4.78, 5) is 25.9. The summed E-state index contributed by atoms with van der Waals surface area (Å²) in [5.41, 5.74) is 1.28. The number of rotatable bonds is 6. The van der Waals surface area contributed by atoms with E-state index in [-0.39, 0.29) is 11.3 Å². The number of amides is 1. The Bertz CT molecular complexity index is 1020. The van der Waals surface area contributed by atoms with Gasteiger partial charge in [0, 0.05) is 49.5 Å². The molecule has 1 aromatic heterocycles. The third kappa shape index (κ3) is 4.29. The predicted octanol–water partition coefficient (Wildman–Crippen LogP) is 3.19. The lowest BCUT2D eigenvalue weighted by molar-refractivity contribution is -0.384. The minimum Gasteiger partial charge on any atom is -0.377 e. The van der Waals surface area contributed by atoms with E-state index in [0.717, 1.165) is 10.1 Å². The summed E-state index contributed by atoms with van der Waals surface area (Å²) >= 11 is 1.45. The second kappa shape index (κ2) is 8.09. The van der Waals surface area contributed by atoms with Gasteiger partial charge in [0.05, 0.1) is 10.5 Å². The molecule has 0 aliphatic carbocycles. The molecule has 0 bridgehead atoms. The molecule has 0 fully saturated rings. The van der Waals surface area contributed by atoms with Gasteiger partial charge < -0.3 is 14.8 Å². The molecule has 0 unspecified atom stereocenters. The molecule has 0 saturated carbocycles. The van der Waals surface area contributed by atoms with Crippen molar-refractivity contribution in [2.45, 2.75) is 10.1 Å². The van der Waals surface area contributed by atoms with Gasteiger partial charge in [0.25, 0.3) is 11.6 Å². The van der Waals surface area contributed by atoms with Crippen LogP contribution in [0.25, 0.3) is 0 Å². The van der Waals surface area contributed by atoms with Crippen molar-refractivity contribution in [2.75, 3.05) is 24.3 Å². The van der Waals surface area contributed by atoms with Gasteiger partial charge in [-0.25, -0.2) is 0 Å². The van der Waals surface area contributed by atoms with Gasteiger partial charge >= 0.3 is 0 Å². The lowest BCUT2D eigenvalue weighted by Gasteiger charge is -2.17. The second-order valence-electron chi connectivity index (χ2n) is 6.16. The van der Waals surface area contributed by atoms with Gasteiger partial charge in [-0.15, -0.1) is 10.2 Å². The van der Waals surface area contributed by atoms with Gasteiger partial charge in [-0.2, -0.15) is 0 Å². The largest absolute Gasteiger partial charge is 0.377 e. The van der Waals surface area contributed by atoms with Crippen LogP contribution >= 0.6 is 11.8 Å². The molecule has 0 aliphatic rings. The van der Waals surface area contributed by atoms with Crippen LogP contribution in [0.4, 0.5) is 17.1 Å². The van der Waals surface area contributed by atoms with E-state index in [9.17, 15) is 14.9 Å². The lowest BCUT2D eigenvalue weighted by atomic mass is 10.1. The van der Waals surface area contributed by atoms with E-state index in [1.807, 2.05) is 23.7 Å². The molecule has 0 radical (unpaired) electrons. The van der Waals surface area contributed by atoms with Gasteiger partial charge in [0.2, 0.25) is 0 Å². The summed E-state index contributed by atoms with van der Waals surface area (Å²) in [6.45, 7) is 0. The van der Waals surface area contributed by atoms with Crippen LogP contribution in [0.1, 0.15) is 10.4 Å². The molecule has 144 valence electrons. The number of hydrogen-bond donors (Lipinski definition) is 1. The number of nitro groups is 1. The van der Waals surface area contributed by atoms with Crippen molar-refractivity contribution in [3.05, 3.63) is 64.5 Å². The average molecular weight is 398 g/mol. The average Bonchev–Trinajstić information content (AvgIpc) is 3.07. The van der Waals surface area contributed by atoms with E-state index >= 15 is 0 Å². The van der Waals surface area contributed by atoms with Crippen LogP contribution in [0.15, 0.2) is 58.8 Å². The van der Waals surface area contributed by atoms with Gasteiger partial charge in [-0.3, -0.25) is 14.9 Å². The maximum Gasteiger partial charge on any atom is 0.270 e. The van der Waals surface area contributed by atoms with E-state index in [4.69, 9.17) is 0 Å². The first kappa shape index (κ1) is 19.4. The molecule has 1 N–H and O–H groups in total. The Morgan fingerprint density at radius 2 is 1.93 bits per heavy atom. The first-order valence-corrected chi connectivity index (χ1v) is 9.06. The molecule has 9 nitrogen and oxygen atoms in total. The van der Waals surface area contributed by atoms with Crippen LogP contribution in [0, 0.1) is 10.1 Å². The standard InChI is InChI=1S/C18H18N6O3S/c1-22(2)16-9-6-13(24(26)27)10-15(16)17(25)20-12-4-7-14(8-5-12)28-18-21-19-11-23(18)3/h4-11H,1-3H3,(H,20,25). The van der Waals surface area contributed by atoms with Crippen molar-refractivity contribution in [3.8, 4) is 0 Å². The number of non-ortho nitro benzene ring substituents is 1. The summed E-state index contributed by atoms with van der Waals surface area (Å²) in [5, 5.41) is 22.4. The number of benzene rings is 2. The Hall–Kier alpha value is -3.40. The Kier molecular flexibility index (Phi) is 5.59. The minimum atomic E-state index is -0.519. The van der Waals surface area contributed by atoms with E-state index in [1.165, 1.54) is 23.9 Å². The summed E-state index contributed by atoms with van der Waals surface area (Å²) in [7, 11) is 5.41. The summed E-state index contributed by atoms with van der Waals surface area (Å²) in [6, 6.07) is 11.5. The SMILES string of the molecule is CN(C)c1ccc([N+](=O)[O-])cc1C(=O)Nc1ccc(Sc2nncn2C)cc1. The van der Waals surface area contributed by atoms with Crippen molar-refractivity contribution in [1.82, 2.24) is 14.8 Å². The predicted molar refractivity (Wildman–Crippen MR) is 107 cm³/mol. The van der Waals surface area contributed by atoms with Crippen molar-refractivity contribution in [1.29, 1.82) is 0 Å². The molecule has 28 heavy (non-hydrogen) atoms. The maximum absolute atomic E-state index is 12.7. The minimum absolute atomic E-state index is 0.133. The zero-order valence-corrected chi connectivity index (χ0v) is 16.3. The first-order valence-electron chi connectivity index (χ1n) is 8.24. The highest BCUT2D eigenvalue weighted by molar-refractivity contribution is 7.99. The van der Waals surface area contributed by atoms with Crippen molar-refractivity contribution in [3.63, 3.8) is 0 Å². The van der Waals surface area contributed by atoms with Crippen molar-refractivity contribution < 1.29 is 9.72 Å². The van der Waals surface area contributed by atoms with Gasteiger partial charge in [0.15, 0.2) is 5.16 Å². The number of aromatic nitrogens is 3. The number of nitrogens with one attached hydrogen (secondary N) is 1. The highest BCUT2D eigenvalue weighted by Gasteiger charge is 2.18. The fourth-order valence-corrected chi connectivity index (χ4v) is 3.25. The smallest absolute Gasteiger partial charge is 0.270 e. The van der Waals surface area contributed by atoms with E-state index in [2.05, 4.69) is 15.5 Å². The number of nitro benzene ring substituents is 1. The topological polar surface area (TPSA) is 106 Å². The normalized spacial score (nSPS) is 10.5. The van der Waals surface area contributed by atoms with Crippen LogP contribution in [0.3, 0.4) is 0 Å². The van der Waals surface area contributed by atoms with Crippen LogP contribution in [-0.2, 0) is 7.05 Å². The fourth-order valence-electron chi connectivity index (χ4n) is 2.48. The molecule has 0 aliphatic heterocycles. The van der Waals surface area contributed by atoms with E-state index in [1.54, 1.807) is 43.5 Å². The molecule has 2 aromatic carbocycles. The van der Waals surface area contributed by atoms with E-state index in [0.29, 0.717) is 11.4 Å². The maximum atomic E-state index is 12.7. The fraction of sp³-hybridized carbons (Fsp3) is 0.167. The molecular weight excluding hydrogens is 380 g/mol. The summed E-state index contributed by atoms with van der Waals surface area (Å²) in [6.07, 6.45) is 1.62. The highest BCUT2D eigenvalue weighted by Crippen LogP contribution is 2.28. The quantitative estimate of drug-likeness (QED) is 0.502. The van der Waals surface area contributed by atoms with Crippen LogP contribution in [-0.4, -0.2) is 39.7 Å². The Morgan fingerprint density at radius 3 is 2.50 bits per heavy atom. The molecular formula is C18H18N6O3S. The molecule has 3 aromatic rings.